The van der Waals surface area contributed by atoms with E-state index in [-0.39, 0.29) is 27.3 Å². The molecule has 0 radical (unpaired) electrons. The fourth-order valence-electron chi connectivity index (χ4n) is 3.47. The number of likely N-dealkylation sites (N-methyl/N-ethyl adjacent to an activating group) is 1. The van der Waals surface area contributed by atoms with Gasteiger partial charge in [0.25, 0.3) is 0 Å². The maximum absolute atomic E-state index is 13.3. The number of amides is 1. The number of sulfonamides is 1. The Balaban J connectivity index is 1.85. The summed E-state index contributed by atoms with van der Waals surface area (Å²) >= 11 is 12.1. The molecule has 1 saturated heterocycles. The number of carbonyl (C=O) groups excluding carboxylic acids is 1. The van der Waals surface area contributed by atoms with Crippen LogP contribution in [0.15, 0.2) is 53.4 Å². The second-order valence-electron chi connectivity index (χ2n) is 7.20. The molecule has 0 aromatic heterocycles. The van der Waals surface area contributed by atoms with E-state index in [1.807, 2.05) is 30.3 Å². The fraction of sp³-hybridized carbons (Fsp3) is 0.381. The molecular formula is C21H25Cl2N3O3S. The molecule has 0 bridgehead atoms. The van der Waals surface area contributed by atoms with E-state index < -0.39 is 16.1 Å². The molecule has 0 saturated carbocycles. The van der Waals surface area contributed by atoms with Crippen molar-refractivity contribution in [2.75, 3.05) is 32.7 Å². The van der Waals surface area contributed by atoms with Gasteiger partial charge in [-0.15, -0.1) is 0 Å². The number of benzene rings is 2. The lowest BCUT2D eigenvalue weighted by Gasteiger charge is -2.36. The quantitative estimate of drug-likeness (QED) is 0.676. The van der Waals surface area contributed by atoms with E-state index in [0.717, 1.165) is 25.2 Å². The Morgan fingerprint density at radius 3 is 2.37 bits per heavy atom. The van der Waals surface area contributed by atoms with Crippen LogP contribution in [0.1, 0.15) is 12.5 Å². The highest BCUT2D eigenvalue weighted by atomic mass is 35.5. The van der Waals surface area contributed by atoms with Crippen molar-refractivity contribution >= 4 is 39.1 Å². The highest BCUT2D eigenvalue weighted by Gasteiger charge is 2.32. The Kier molecular flexibility index (Phi) is 7.76. The molecule has 0 spiro atoms. The van der Waals surface area contributed by atoms with Crippen LogP contribution < -0.4 is 4.72 Å². The lowest BCUT2D eigenvalue weighted by molar-refractivity contribution is -0.134. The molecular weight excluding hydrogens is 445 g/mol. The van der Waals surface area contributed by atoms with E-state index in [1.54, 1.807) is 4.90 Å². The molecule has 1 amide bonds. The summed E-state index contributed by atoms with van der Waals surface area (Å²) in [6.07, 6.45) is 0.241. The summed E-state index contributed by atoms with van der Waals surface area (Å²) in [4.78, 5) is 17.1. The number of nitrogens with one attached hydrogen (secondary N) is 1. The molecule has 0 unspecified atom stereocenters. The standard InChI is InChI=1S/C21H25Cl2N3O3S/c1-2-25-10-12-26(13-11-25)21(27)19(14-16-6-4-3-5-7-16)24-30(28,29)20-15-17(22)8-9-18(20)23/h3-9,15,19,24H,2,10-14H2,1H3/t19-/m1/s1. The molecule has 3 rings (SSSR count). The summed E-state index contributed by atoms with van der Waals surface area (Å²) in [5.74, 6) is -0.240. The molecule has 1 N–H and O–H groups in total. The number of rotatable bonds is 7. The molecule has 6 nitrogen and oxygen atoms in total. The van der Waals surface area contributed by atoms with Gasteiger partial charge in [-0.3, -0.25) is 4.79 Å². The zero-order valence-corrected chi connectivity index (χ0v) is 19.1. The topological polar surface area (TPSA) is 69.7 Å². The largest absolute Gasteiger partial charge is 0.339 e. The Hall–Kier alpha value is -1.64. The van der Waals surface area contributed by atoms with Crippen molar-refractivity contribution in [3.63, 3.8) is 0 Å². The molecule has 1 aliphatic heterocycles. The Labute approximate surface area is 187 Å². The summed E-state index contributed by atoms with van der Waals surface area (Å²) in [5.41, 5.74) is 0.864. The van der Waals surface area contributed by atoms with Gasteiger partial charge < -0.3 is 9.80 Å². The second-order valence-corrected chi connectivity index (χ2v) is 9.72. The molecule has 2 aromatic carbocycles. The first-order chi connectivity index (χ1) is 14.3. The number of carbonyl (C=O) groups is 1. The summed E-state index contributed by atoms with van der Waals surface area (Å²) < 4.78 is 28.7. The van der Waals surface area contributed by atoms with Crippen LogP contribution in [-0.2, 0) is 21.2 Å². The first-order valence-corrected chi connectivity index (χ1v) is 12.1. The third kappa shape index (κ3) is 5.74. The molecule has 2 aromatic rings. The van der Waals surface area contributed by atoms with Crippen molar-refractivity contribution in [3.05, 3.63) is 64.1 Å². The van der Waals surface area contributed by atoms with Crippen LogP contribution in [0.2, 0.25) is 10.0 Å². The minimum absolute atomic E-state index is 0.0503. The third-order valence-electron chi connectivity index (χ3n) is 5.19. The highest BCUT2D eigenvalue weighted by Crippen LogP contribution is 2.25. The molecule has 162 valence electrons. The van der Waals surface area contributed by atoms with Gasteiger partial charge in [-0.25, -0.2) is 8.42 Å². The number of hydrogen-bond acceptors (Lipinski definition) is 4. The van der Waals surface area contributed by atoms with Gasteiger partial charge in [-0.2, -0.15) is 4.72 Å². The van der Waals surface area contributed by atoms with Gasteiger partial charge in [0.15, 0.2) is 0 Å². The zero-order chi connectivity index (χ0) is 21.7. The van der Waals surface area contributed by atoms with Gasteiger partial charge in [0.2, 0.25) is 15.9 Å². The number of hydrogen-bond donors (Lipinski definition) is 1. The van der Waals surface area contributed by atoms with Crippen LogP contribution in [0.25, 0.3) is 0 Å². The predicted molar refractivity (Wildman–Crippen MR) is 119 cm³/mol. The summed E-state index contributed by atoms with van der Waals surface area (Å²) in [7, 11) is -4.06. The van der Waals surface area contributed by atoms with Crippen LogP contribution in [0.5, 0.6) is 0 Å². The van der Waals surface area contributed by atoms with Crippen LogP contribution in [0, 0.1) is 0 Å². The molecule has 1 heterocycles. The minimum Gasteiger partial charge on any atom is -0.339 e. The summed E-state index contributed by atoms with van der Waals surface area (Å²) in [6, 6.07) is 12.6. The predicted octanol–water partition coefficient (Wildman–Crippen LogP) is 3.05. The average molecular weight is 470 g/mol. The highest BCUT2D eigenvalue weighted by molar-refractivity contribution is 7.89. The summed E-state index contributed by atoms with van der Waals surface area (Å²) in [5, 5.41) is 0.302. The maximum Gasteiger partial charge on any atom is 0.242 e. The Bertz CT molecular complexity index is 978. The number of nitrogens with zero attached hydrogens (tertiary/aromatic N) is 2. The second kappa shape index (κ2) is 10.1. The fourth-order valence-corrected chi connectivity index (χ4v) is 5.42. The van der Waals surface area contributed by atoms with Gasteiger partial charge in [-0.1, -0.05) is 60.5 Å². The smallest absolute Gasteiger partial charge is 0.242 e. The van der Waals surface area contributed by atoms with Crippen molar-refractivity contribution in [2.45, 2.75) is 24.3 Å². The first kappa shape index (κ1) is 23.0. The monoisotopic (exact) mass is 469 g/mol. The lowest BCUT2D eigenvalue weighted by Crippen LogP contribution is -2.55. The molecule has 0 aliphatic carbocycles. The summed E-state index contributed by atoms with van der Waals surface area (Å²) in [6.45, 7) is 5.68. The minimum atomic E-state index is -4.06. The molecule has 30 heavy (non-hydrogen) atoms. The number of piperazine rings is 1. The average Bonchev–Trinajstić information content (AvgIpc) is 2.75. The first-order valence-electron chi connectivity index (χ1n) is 9.82. The van der Waals surface area contributed by atoms with E-state index in [1.165, 1.54) is 18.2 Å². The van der Waals surface area contributed by atoms with E-state index in [4.69, 9.17) is 23.2 Å². The lowest BCUT2D eigenvalue weighted by atomic mass is 10.1. The van der Waals surface area contributed by atoms with Crippen LogP contribution in [0.4, 0.5) is 0 Å². The number of halogens is 2. The van der Waals surface area contributed by atoms with E-state index in [2.05, 4.69) is 16.5 Å². The van der Waals surface area contributed by atoms with Crippen LogP contribution in [0.3, 0.4) is 0 Å². The van der Waals surface area contributed by atoms with Gasteiger partial charge >= 0.3 is 0 Å². The Morgan fingerprint density at radius 1 is 1.07 bits per heavy atom. The van der Waals surface area contributed by atoms with Crippen molar-refractivity contribution in [3.8, 4) is 0 Å². The third-order valence-corrected chi connectivity index (χ3v) is 7.38. The maximum atomic E-state index is 13.3. The zero-order valence-electron chi connectivity index (χ0n) is 16.7. The molecule has 1 atom stereocenters. The van der Waals surface area contributed by atoms with E-state index in [0.29, 0.717) is 13.1 Å². The van der Waals surface area contributed by atoms with E-state index >= 15 is 0 Å². The van der Waals surface area contributed by atoms with Gasteiger partial charge in [0.1, 0.15) is 10.9 Å². The van der Waals surface area contributed by atoms with Gasteiger partial charge in [0, 0.05) is 31.2 Å². The molecule has 1 aliphatic rings. The van der Waals surface area contributed by atoms with Crippen molar-refractivity contribution < 1.29 is 13.2 Å². The SMILES string of the molecule is CCN1CCN(C(=O)[C@@H](Cc2ccccc2)NS(=O)(=O)c2cc(Cl)ccc2Cl)CC1. The molecule has 1 fully saturated rings. The van der Waals surface area contributed by atoms with Crippen molar-refractivity contribution in [1.29, 1.82) is 0 Å². The van der Waals surface area contributed by atoms with Crippen molar-refractivity contribution in [1.82, 2.24) is 14.5 Å². The molecule has 9 heteroatoms. The Morgan fingerprint density at radius 2 is 1.73 bits per heavy atom. The van der Waals surface area contributed by atoms with Crippen LogP contribution in [-0.4, -0.2) is 62.9 Å². The van der Waals surface area contributed by atoms with Gasteiger partial charge in [0.05, 0.1) is 5.02 Å². The normalized spacial score (nSPS) is 16.4. The van der Waals surface area contributed by atoms with E-state index in [9.17, 15) is 13.2 Å². The van der Waals surface area contributed by atoms with Crippen LogP contribution >= 0.6 is 23.2 Å². The van der Waals surface area contributed by atoms with Crippen molar-refractivity contribution in [2.24, 2.45) is 0 Å². The van der Waals surface area contributed by atoms with Gasteiger partial charge in [-0.05, 0) is 36.7 Å².